The Morgan fingerprint density at radius 1 is 1.16 bits per heavy atom. The zero-order chi connectivity index (χ0) is 21.5. The van der Waals surface area contributed by atoms with Gasteiger partial charge in [-0.25, -0.2) is 4.98 Å². The highest BCUT2D eigenvalue weighted by Crippen LogP contribution is 2.36. The minimum atomic E-state index is -0.112. The second-order valence-electron chi connectivity index (χ2n) is 7.98. The number of piperazine rings is 1. The van der Waals surface area contributed by atoms with Crippen molar-refractivity contribution in [1.82, 2.24) is 14.8 Å². The molecule has 2 atom stereocenters. The summed E-state index contributed by atoms with van der Waals surface area (Å²) in [4.78, 5) is 35.2. The van der Waals surface area contributed by atoms with Gasteiger partial charge in [0.2, 0.25) is 5.91 Å². The topological polar surface area (TPSA) is 65.5 Å². The number of anilines is 1. The molecule has 160 valence electrons. The molecule has 0 radical (unpaired) electrons. The SMILES string of the molecule is CC1Sc2ccc(C(=O)N3CCN(C(C)c4nc5ccccc5s4)CC3)cc2NC1=O. The maximum absolute atomic E-state index is 13.1. The number of rotatable bonds is 3. The van der Waals surface area contributed by atoms with Crippen LogP contribution in [0.3, 0.4) is 0 Å². The lowest BCUT2D eigenvalue weighted by Crippen LogP contribution is -2.49. The van der Waals surface area contributed by atoms with Crippen LogP contribution in [0.15, 0.2) is 47.4 Å². The lowest BCUT2D eigenvalue weighted by Gasteiger charge is -2.37. The number of para-hydroxylation sites is 1. The highest BCUT2D eigenvalue weighted by molar-refractivity contribution is 8.00. The fourth-order valence-corrected chi connectivity index (χ4v) is 6.05. The molecular weight excluding hydrogens is 428 g/mol. The van der Waals surface area contributed by atoms with Crippen molar-refractivity contribution in [2.45, 2.75) is 30.0 Å². The second-order valence-corrected chi connectivity index (χ2v) is 10.4. The number of hydrogen-bond acceptors (Lipinski definition) is 6. The molecule has 0 bridgehead atoms. The zero-order valence-electron chi connectivity index (χ0n) is 17.5. The first-order valence-electron chi connectivity index (χ1n) is 10.5. The van der Waals surface area contributed by atoms with Crippen molar-refractivity contribution in [2.75, 3.05) is 31.5 Å². The molecule has 6 nitrogen and oxygen atoms in total. The first kappa shape index (κ1) is 20.5. The van der Waals surface area contributed by atoms with Gasteiger partial charge in [0, 0.05) is 36.6 Å². The molecule has 2 aliphatic rings. The minimum absolute atomic E-state index is 0.0143. The number of hydrogen-bond donors (Lipinski definition) is 1. The molecule has 8 heteroatoms. The van der Waals surface area contributed by atoms with Crippen LogP contribution in [0, 0.1) is 0 Å². The summed E-state index contributed by atoms with van der Waals surface area (Å²) >= 11 is 3.28. The van der Waals surface area contributed by atoms with Gasteiger partial charge in [-0.05, 0) is 44.2 Å². The van der Waals surface area contributed by atoms with E-state index >= 15 is 0 Å². The van der Waals surface area contributed by atoms with Crippen LogP contribution in [-0.4, -0.2) is 58.0 Å². The van der Waals surface area contributed by atoms with Gasteiger partial charge >= 0.3 is 0 Å². The van der Waals surface area contributed by atoms with Crippen LogP contribution in [-0.2, 0) is 4.79 Å². The van der Waals surface area contributed by atoms with Crippen LogP contribution in [0.2, 0.25) is 0 Å². The average Bonchev–Trinajstić information content (AvgIpc) is 3.23. The fraction of sp³-hybridized carbons (Fsp3) is 0.348. The van der Waals surface area contributed by atoms with Gasteiger partial charge in [0.25, 0.3) is 5.91 Å². The molecule has 1 aromatic heterocycles. The van der Waals surface area contributed by atoms with Crippen LogP contribution in [0.1, 0.15) is 35.3 Å². The molecule has 0 spiro atoms. The molecule has 1 N–H and O–H groups in total. The van der Waals surface area contributed by atoms with Crippen LogP contribution >= 0.6 is 23.1 Å². The number of fused-ring (bicyclic) bond motifs is 2. The molecule has 2 amide bonds. The predicted molar refractivity (Wildman–Crippen MR) is 126 cm³/mol. The van der Waals surface area contributed by atoms with Gasteiger partial charge in [-0.15, -0.1) is 23.1 Å². The third-order valence-corrected chi connectivity index (χ3v) is 8.36. The third kappa shape index (κ3) is 3.95. The molecule has 2 aliphatic heterocycles. The quantitative estimate of drug-likeness (QED) is 0.644. The molecule has 0 aliphatic carbocycles. The van der Waals surface area contributed by atoms with Gasteiger partial charge in [0.15, 0.2) is 0 Å². The predicted octanol–water partition coefficient (Wildman–Crippen LogP) is 4.25. The van der Waals surface area contributed by atoms with E-state index in [4.69, 9.17) is 4.98 Å². The Balaban J connectivity index is 1.24. The zero-order valence-corrected chi connectivity index (χ0v) is 19.1. The average molecular weight is 453 g/mol. The summed E-state index contributed by atoms with van der Waals surface area (Å²) in [6, 6.07) is 14.1. The van der Waals surface area contributed by atoms with Gasteiger partial charge in [0.1, 0.15) is 5.01 Å². The van der Waals surface area contributed by atoms with E-state index in [1.54, 1.807) is 11.3 Å². The molecule has 3 heterocycles. The van der Waals surface area contributed by atoms with Gasteiger partial charge in [-0.1, -0.05) is 12.1 Å². The number of thioether (sulfide) groups is 1. The van der Waals surface area contributed by atoms with Crippen molar-refractivity contribution in [3.8, 4) is 0 Å². The third-order valence-electron chi connectivity index (χ3n) is 5.97. The summed E-state index contributed by atoms with van der Waals surface area (Å²) in [5.41, 5.74) is 2.42. The molecule has 0 saturated carbocycles. The summed E-state index contributed by atoms with van der Waals surface area (Å²) in [5, 5.41) is 3.93. The number of nitrogens with zero attached hydrogens (tertiary/aromatic N) is 3. The number of benzene rings is 2. The Morgan fingerprint density at radius 3 is 2.71 bits per heavy atom. The Bertz CT molecular complexity index is 1120. The first-order valence-corrected chi connectivity index (χ1v) is 12.2. The van der Waals surface area contributed by atoms with E-state index in [1.807, 2.05) is 42.2 Å². The number of aromatic nitrogens is 1. The molecular formula is C23H24N4O2S2. The van der Waals surface area contributed by atoms with Crippen molar-refractivity contribution in [1.29, 1.82) is 0 Å². The molecule has 31 heavy (non-hydrogen) atoms. The second kappa shape index (κ2) is 8.26. The molecule has 5 rings (SSSR count). The summed E-state index contributed by atoms with van der Waals surface area (Å²) in [5.74, 6) is 0.00695. The van der Waals surface area contributed by atoms with Crippen molar-refractivity contribution in [2.24, 2.45) is 0 Å². The first-order chi connectivity index (χ1) is 15.0. The summed E-state index contributed by atoms with van der Waals surface area (Å²) < 4.78 is 1.21. The maximum atomic E-state index is 13.1. The van der Waals surface area contributed by atoms with Gasteiger partial charge in [-0.2, -0.15) is 0 Å². The van der Waals surface area contributed by atoms with E-state index in [0.29, 0.717) is 18.7 Å². The Labute approximate surface area is 189 Å². The number of nitrogens with one attached hydrogen (secondary N) is 1. The molecule has 2 unspecified atom stereocenters. The van der Waals surface area contributed by atoms with Crippen molar-refractivity contribution >= 4 is 50.8 Å². The van der Waals surface area contributed by atoms with Crippen LogP contribution in [0.4, 0.5) is 5.69 Å². The Morgan fingerprint density at radius 2 is 1.94 bits per heavy atom. The normalized spacial score (nSPS) is 20.4. The largest absolute Gasteiger partial charge is 0.336 e. The number of amides is 2. The molecule has 1 fully saturated rings. The molecule has 3 aromatic rings. The highest BCUT2D eigenvalue weighted by Gasteiger charge is 2.28. The van der Waals surface area contributed by atoms with E-state index in [1.165, 1.54) is 16.5 Å². The van der Waals surface area contributed by atoms with E-state index in [9.17, 15) is 9.59 Å². The van der Waals surface area contributed by atoms with E-state index in [2.05, 4.69) is 29.3 Å². The van der Waals surface area contributed by atoms with Gasteiger partial charge in [-0.3, -0.25) is 14.5 Å². The minimum Gasteiger partial charge on any atom is -0.336 e. The Kier molecular flexibility index (Phi) is 5.45. The van der Waals surface area contributed by atoms with Gasteiger partial charge in [0.05, 0.1) is 27.2 Å². The van der Waals surface area contributed by atoms with E-state index < -0.39 is 0 Å². The van der Waals surface area contributed by atoms with E-state index in [-0.39, 0.29) is 23.1 Å². The van der Waals surface area contributed by atoms with Gasteiger partial charge < -0.3 is 10.2 Å². The summed E-state index contributed by atoms with van der Waals surface area (Å²) in [6.45, 7) is 7.08. The molecule has 1 saturated heterocycles. The van der Waals surface area contributed by atoms with Crippen molar-refractivity contribution in [3.05, 3.63) is 53.0 Å². The number of thiazole rings is 1. The van der Waals surface area contributed by atoms with E-state index in [0.717, 1.165) is 34.2 Å². The van der Waals surface area contributed by atoms with Crippen molar-refractivity contribution in [3.63, 3.8) is 0 Å². The number of carbonyl (C=O) groups excluding carboxylic acids is 2. The lowest BCUT2D eigenvalue weighted by atomic mass is 10.1. The fourth-order valence-electron chi connectivity index (χ4n) is 4.06. The summed E-state index contributed by atoms with van der Waals surface area (Å²) in [7, 11) is 0. The lowest BCUT2D eigenvalue weighted by molar-refractivity contribution is -0.115. The van der Waals surface area contributed by atoms with Crippen LogP contribution < -0.4 is 5.32 Å². The van der Waals surface area contributed by atoms with Crippen molar-refractivity contribution < 1.29 is 9.59 Å². The Hall–Kier alpha value is -2.42. The highest BCUT2D eigenvalue weighted by atomic mass is 32.2. The monoisotopic (exact) mass is 452 g/mol. The maximum Gasteiger partial charge on any atom is 0.254 e. The summed E-state index contributed by atoms with van der Waals surface area (Å²) in [6.07, 6.45) is 0. The smallest absolute Gasteiger partial charge is 0.254 e. The van der Waals surface area contributed by atoms with Crippen LogP contribution in [0.25, 0.3) is 10.2 Å². The van der Waals surface area contributed by atoms with Crippen LogP contribution in [0.5, 0.6) is 0 Å². The molecule has 2 aromatic carbocycles. The number of carbonyl (C=O) groups is 2. The standard InChI is InChI=1S/C23H24N4O2S2/c1-14(22-25-17-5-3-4-6-19(17)31-22)26-9-11-27(12-10-26)23(29)16-7-8-20-18(13-16)24-21(28)15(2)30-20/h3-8,13-15H,9-12H2,1-2H3,(H,24,28).